The van der Waals surface area contributed by atoms with Crippen LogP contribution in [0.4, 0.5) is 0 Å². The largest absolute Gasteiger partial charge is 0.334 e. The Bertz CT molecular complexity index is 776. The van der Waals surface area contributed by atoms with Gasteiger partial charge in [-0.1, -0.05) is 28.1 Å². The maximum Gasteiger partial charge on any atom is 0.264 e. The van der Waals surface area contributed by atoms with Crippen LogP contribution in [0.3, 0.4) is 0 Å². The Balaban J connectivity index is 1.67. The molecule has 0 aliphatic carbocycles. The fraction of sp³-hybridized carbons (Fsp3) is 0.333. The number of thiophene rings is 1. The Morgan fingerprint density at radius 2 is 1.92 bits per heavy atom. The summed E-state index contributed by atoms with van der Waals surface area (Å²) in [5, 5.41) is 0. The van der Waals surface area contributed by atoms with Crippen molar-refractivity contribution in [1.82, 2.24) is 9.80 Å². The molecule has 1 atom stereocenters. The quantitative estimate of drug-likeness (QED) is 0.629. The molecule has 1 saturated heterocycles. The third kappa shape index (κ3) is 4.33. The number of hydrogen-bond donors (Lipinski definition) is 0. The van der Waals surface area contributed by atoms with Crippen molar-refractivity contribution in [3.63, 3.8) is 0 Å². The standard InChI is InChI=1S/C18H18Br2N2O2S/c1-21(18(24)15-8-9-16(20)25-15)11-17(23)22-10-2-3-14(22)12-4-6-13(19)7-5-12/h4-9,14H,2-3,10-11H2,1H3. The summed E-state index contributed by atoms with van der Waals surface area (Å²) >= 11 is 8.18. The Kier molecular flexibility index (Phi) is 5.96. The second-order valence-corrected chi connectivity index (χ2v) is 9.44. The Hall–Kier alpha value is -1.18. The van der Waals surface area contributed by atoms with Gasteiger partial charge in [0, 0.05) is 18.1 Å². The van der Waals surface area contributed by atoms with Crippen LogP contribution in [0.2, 0.25) is 0 Å². The zero-order valence-electron chi connectivity index (χ0n) is 13.7. The van der Waals surface area contributed by atoms with E-state index in [0.717, 1.165) is 33.2 Å². The first-order valence-electron chi connectivity index (χ1n) is 8.01. The smallest absolute Gasteiger partial charge is 0.264 e. The van der Waals surface area contributed by atoms with Gasteiger partial charge < -0.3 is 9.80 Å². The zero-order valence-corrected chi connectivity index (χ0v) is 17.7. The molecule has 0 radical (unpaired) electrons. The van der Waals surface area contributed by atoms with Crippen LogP contribution in [0.25, 0.3) is 0 Å². The lowest BCUT2D eigenvalue weighted by Gasteiger charge is -2.27. The number of halogens is 2. The molecule has 1 aromatic heterocycles. The van der Waals surface area contributed by atoms with E-state index in [1.54, 1.807) is 13.1 Å². The van der Waals surface area contributed by atoms with E-state index in [2.05, 4.69) is 44.0 Å². The SMILES string of the molecule is CN(CC(=O)N1CCCC1c1ccc(Br)cc1)C(=O)c1ccc(Br)s1. The van der Waals surface area contributed by atoms with Gasteiger partial charge in [-0.25, -0.2) is 0 Å². The summed E-state index contributed by atoms with van der Waals surface area (Å²) < 4.78 is 1.94. The van der Waals surface area contributed by atoms with Crippen molar-refractivity contribution in [1.29, 1.82) is 0 Å². The van der Waals surface area contributed by atoms with Gasteiger partial charge in [-0.3, -0.25) is 9.59 Å². The van der Waals surface area contributed by atoms with Crippen molar-refractivity contribution in [3.8, 4) is 0 Å². The number of carbonyl (C=O) groups is 2. The van der Waals surface area contributed by atoms with Crippen molar-refractivity contribution in [2.45, 2.75) is 18.9 Å². The van der Waals surface area contributed by atoms with Gasteiger partial charge in [0.15, 0.2) is 0 Å². The predicted molar refractivity (Wildman–Crippen MR) is 107 cm³/mol. The third-order valence-corrected chi connectivity index (χ3v) is 6.47. The molecule has 3 rings (SSSR count). The van der Waals surface area contributed by atoms with Gasteiger partial charge >= 0.3 is 0 Å². The maximum absolute atomic E-state index is 12.8. The topological polar surface area (TPSA) is 40.6 Å². The predicted octanol–water partition coefficient (Wildman–Crippen LogP) is 4.71. The fourth-order valence-corrected chi connectivity index (χ4v) is 4.72. The van der Waals surface area contributed by atoms with Crippen LogP contribution in [0.5, 0.6) is 0 Å². The molecule has 0 saturated carbocycles. The molecule has 0 bridgehead atoms. The van der Waals surface area contributed by atoms with E-state index in [9.17, 15) is 9.59 Å². The lowest BCUT2D eigenvalue weighted by atomic mass is 10.0. The van der Waals surface area contributed by atoms with Crippen molar-refractivity contribution < 1.29 is 9.59 Å². The van der Waals surface area contributed by atoms with Crippen LogP contribution < -0.4 is 0 Å². The Morgan fingerprint density at radius 3 is 2.56 bits per heavy atom. The molecule has 4 nitrogen and oxygen atoms in total. The van der Waals surface area contributed by atoms with Gasteiger partial charge in [0.25, 0.3) is 5.91 Å². The summed E-state index contributed by atoms with van der Waals surface area (Å²) in [5.41, 5.74) is 1.14. The highest BCUT2D eigenvalue weighted by molar-refractivity contribution is 9.11. The number of likely N-dealkylation sites (tertiary alicyclic amines) is 1. The highest BCUT2D eigenvalue weighted by Crippen LogP contribution is 2.32. The molecule has 1 unspecified atom stereocenters. The van der Waals surface area contributed by atoms with E-state index in [1.165, 1.54) is 16.2 Å². The van der Waals surface area contributed by atoms with Crippen LogP contribution in [-0.2, 0) is 4.79 Å². The minimum absolute atomic E-state index is 0.00288. The highest BCUT2D eigenvalue weighted by atomic mass is 79.9. The summed E-state index contributed by atoms with van der Waals surface area (Å²) in [5.74, 6) is -0.125. The molecule has 0 spiro atoms. The highest BCUT2D eigenvalue weighted by Gasteiger charge is 2.31. The summed E-state index contributed by atoms with van der Waals surface area (Å²) in [4.78, 5) is 29.2. The number of carbonyl (C=O) groups excluding carboxylic acids is 2. The fourth-order valence-electron chi connectivity index (χ4n) is 3.08. The van der Waals surface area contributed by atoms with Crippen LogP contribution in [0, 0.1) is 0 Å². The average Bonchev–Trinajstić information content (AvgIpc) is 3.23. The van der Waals surface area contributed by atoms with Gasteiger partial charge in [-0.05, 0) is 58.6 Å². The Morgan fingerprint density at radius 1 is 1.20 bits per heavy atom. The third-order valence-electron chi connectivity index (χ3n) is 4.33. The molecule has 1 aromatic carbocycles. The van der Waals surface area contributed by atoms with Gasteiger partial charge in [0.05, 0.1) is 21.3 Å². The van der Waals surface area contributed by atoms with Gasteiger partial charge in [-0.15, -0.1) is 11.3 Å². The average molecular weight is 486 g/mol. The molecule has 132 valence electrons. The number of rotatable bonds is 4. The van der Waals surface area contributed by atoms with Crippen molar-refractivity contribution in [3.05, 3.63) is 55.1 Å². The summed E-state index contributed by atoms with van der Waals surface area (Å²) in [7, 11) is 1.68. The summed E-state index contributed by atoms with van der Waals surface area (Å²) in [6, 6.07) is 11.8. The van der Waals surface area contributed by atoms with E-state index in [0.29, 0.717) is 4.88 Å². The molecule has 1 aliphatic rings. The number of hydrogen-bond acceptors (Lipinski definition) is 3. The second kappa shape index (κ2) is 8.01. The lowest BCUT2D eigenvalue weighted by molar-refractivity contribution is -0.132. The number of amides is 2. The second-order valence-electron chi connectivity index (χ2n) is 6.06. The first-order valence-corrected chi connectivity index (χ1v) is 10.4. The van der Waals surface area contributed by atoms with E-state index < -0.39 is 0 Å². The molecule has 1 aliphatic heterocycles. The molecule has 2 aromatic rings. The van der Waals surface area contributed by atoms with E-state index in [4.69, 9.17) is 0 Å². The molecule has 0 N–H and O–H groups in total. The molecule has 25 heavy (non-hydrogen) atoms. The minimum Gasteiger partial charge on any atom is -0.334 e. The minimum atomic E-state index is -0.122. The van der Waals surface area contributed by atoms with Crippen LogP contribution in [0.15, 0.2) is 44.7 Å². The van der Waals surface area contributed by atoms with Crippen LogP contribution in [0.1, 0.15) is 34.1 Å². The molecular weight excluding hydrogens is 468 g/mol. The van der Waals surface area contributed by atoms with Gasteiger partial charge in [0.1, 0.15) is 0 Å². The molecule has 2 heterocycles. The van der Waals surface area contributed by atoms with E-state index >= 15 is 0 Å². The lowest BCUT2D eigenvalue weighted by Crippen LogP contribution is -2.40. The normalized spacial score (nSPS) is 16.9. The summed E-state index contributed by atoms with van der Waals surface area (Å²) in [6.07, 6.45) is 1.95. The van der Waals surface area contributed by atoms with E-state index in [1.807, 2.05) is 23.1 Å². The monoisotopic (exact) mass is 484 g/mol. The molecular formula is C18H18Br2N2O2S. The number of nitrogens with zero attached hydrogens (tertiary/aromatic N) is 2. The van der Waals surface area contributed by atoms with Crippen molar-refractivity contribution in [2.24, 2.45) is 0 Å². The Labute approximate surface area is 168 Å². The first-order chi connectivity index (χ1) is 12.0. The molecule has 2 amide bonds. The first kappa shape index (κ1) is 18.6. The van der Waals surface area contributed by atoms with Crippen molar-refractivity contribution in [2.75, 3.05) is 20.1 Å². The van der Waals surface area contributed by atoms with Crippen molar-refractivity contribution >= 4 is 55.0 Å². The van der Waals surface area contributed by atoms with Crippen LogP contribution in [-0.4, -0.2) is 41.8 Å². The van der Waals surface area contributed by atoms with Crippen LogP contribution >= 0.6 is 43.2 Å². The zero-order chi connectivity index (χ0) is 18.0. The summed E-state index contributed by atoms with van der Waals surface area (Å²) in [6.45, 7) is 0.841. The number of likely N-dealkylation sites (N-methyl/N-ethyl adjacent to an activating group) is 1. The molecule has 1 fully saturated rings. The maximum atomic E-state index is 12.8. The van der Waals surface area contributed by atoms with E-state index in [-0.39, 0.29) is 24.4 Å². The van der Waals surface area contributed by atoms with Gasteiger partial charge in [-0.2, -0.15) is 0 Å². The van der Waals surface area contributed by atoms with Gasteiger partial charge in [0.2, 0.25) is 5.91 Å². The number of benzene rings is 1. The molecule has 7 heteroatoms.